The lowest BCUT2D eigenvalue weighted by Crippen LogP contribution is -2.22. The zero-order valence-corrected chi connectivity index (χ0v) is 7.37. The number of halogens is 2. The molecule has 0 aliphatic heterocycles. The maximum Gasteiger partial charge on any atom is 0.220 e. The second-order valence-electron chi connectivity index (χ2n) is 1.88. The summed E-state index contributed by atoms with van der Waals surface area (Å²) in [6.07, 6.45) is 0.931. The van der Waals surface area contributed by atoms with Crippen LogP contribution < -0.4 is 5.32 Å². The van der Waals surface area contributed by atoms with Gasteiger partial charge in [0, 0.05) is 13.0 Å². The first-order valence-electron chi connectivity index (χ1n) is 3.21. The van der Waals surface area contributed by atoms with Gasteiger partial charge in [0.1, 0.15) is 4.84 Å². The van der Waals surface area contributed by atoms with Crippen LogP contribution in [-0.4, -0.2) is 17.3 Å². The molecule has 1 N–H and O–H groups in total. The SMILES string of the molecule is CCNC(=O)CCC(Cl)Cl. The first-order chi connectivity index (χ1) is 4.66. The molecule has 0 aromatic rings. The van der Waals surface area contributed by atoms with Gasteiger partial charge in [0.25, 0.3) is 0 Å². The fourth-order valence-electron chi connectivity index (χ4n) is 0.526. The summed E-state index contributed by atoms with van der Waals surface area (Å²) in [6.45, 7) is 2.53. The number of hydrogen-bond acceptors (Lipinski definition) is 1. The van der Waals surface area contributed by atoms with E-state index in [1.54, 1.807) is 0 Å². The zero-order chi connectivity index (χ0) is 7.98. The highest BCUT2D eigenvalue weighted by Gasteiger charge is 2.03. The smallest absolute Gasteiger partial charge is 0.220 e. The van der Waals surface area contributed by atoms with E-state index >= 15 is 0 Å². The molecular formula is C6H11Cl2NO. The third-order valence-corrected chi connectivity index (χ3v) is 1.40. The molecule has 2 nitrogen and oxygen atoms in total. The fourth-order valence-corrected chi connectivity index (χ4v) is 0.744. The maximum absolute atomic E-state index is 10.7. The van der Waals surface area contributed by atoms with E-state index in [0.717, 1.165) is 0 Å². The van der Waals surface area contributed by atoms with Crippen molar-refractivity contribution in [2.45, 2.75) is 24.6 Å². The Kier molecular flexibility index (Phi) is 5.84. The molecule has 0 aromatic carbocycles. The average molecular weight is 184 g/mol. The number of alkyl halides is 2. The first kappa shape index (κ1) is 10.0. The van der Waals surface area contributed by atoms with Crippen molar-refractivity contribution in [3.05, 3.63) is 0 Å². The minimum Gasteiger partial charge on any atom is -0.356 e. The van der Waals surface area contributed by atoms with E-state index in [4.69, 9.17) is 23.2 Å². The largest absolute Gasteiger partial charge is 0.356 e. The molecule has 1 amide bonds. The van der Waals surface area contributed by atoms with Gasteiger partial charge in [0.05, 0.1) is 0 Å². The van der Waals surface area contributed by atoms with Crippen molar-refractivity contribution in [2.24, 2.45) is 0 Å². The Labute approximate surface area is 70.9 Å². The number of rotatable bonds is 4. The van der Waals surface area contributed by atoms with E-state index in [9.17, 15) is 4.79 Å². The van der Waals surface area contributed by atoms with E-state index in [1.165, 1.54) is 0 Å². The molecule has 10 heavy (non-hydrogen) atoms. The molecule has 0 saturated heterocycles. The molecule has 0 fully saturated rings. The normalized spacial score (nSPS) is 10.0. The summed E-state index contributed by atoms with van der Waals surface area (Å²) in [7, 11) is 0. The summed E-state index contributed by atoms with van der Waals surface area (Å²) < 4.78 is 0. The molecule has 4 heteroatoms. The van der Waals surface area contributed by atoms with Crippen molar-refractivity contribution in [1.82, 2.24) is 5.32 Å². The van der Waals surface area contributed by atoms with Crippen LogP contribution in [0.3, 0.4) is 0 Å². The lowest BCUT2D eigenvalue weighted by atomic mass is 10.3. The summed E-state index contributed by atoms with van der Waals surface area (Å²) in [6, 6.07) is 0. The van der Waals surface area contributed by atoms with Gasteiger partial charge in [-0.05, 0) is 13.3 Å². The highest BCUT2D eigenvalue weighted by atomic mass is 35.5. The Morgan fingerprint density at radius 2 is 2.20 bits per heavy atom. The van der Waals surface area contributed by atoms with Crippen LogP contribution in [0, 0.1) is 0 Å². The van der Waals surface area contributed by atoms with Gasteiger partial charge in [-0.15, -0.1) is 23.2 Å². The van der Waals surface area contributed by atoms with Gasteiger partial charge in [-0.25, -0.2) is 0 Å². The minimum atomic E-state index is -0.428. The molecule has 0 aliphatic rings. The number of hydrogen-bond donors (Lipinski definition) is 1. The van der Waals surface area contributed by atoms with Crippen LogP contribution in [-0.2, 0) is 4.79 Å². The van der Waals surface area contributed by atoms with Gasteiger partial charge in [0.15, 0.2) is 0 Å². The van der Waals surface area contributed by atoms with Crippen LogP contribution in [0.5, 0.6) is 0 Å². The first-order valence-corrected chi connectivity index (χ1v) is 4.09. The molecular weight excluding hydrogens is 173 g/mol. The molecule has 0 aliphatic carbocycles. The zero-order valence-electron chi connectivity index (χ0n) is 5.86. The minimum absolute atomic E-state index is 0.00815. The maximum atomic E-state index is 10.7. The molecule has 0 aromatic heterocycles. The molecule has 0 spiro atoms. The second kappa shape index (κ2) is 5.81. The number of carbonyl (C=O) groups excluding carboxylic acids is 1. The van der Waals surface area contributed by atoms with Crippen LogP contribution in [0.4, 0.5) is 0 Å². The lowest BCUT2D eigenvalue weighted by molar-refractivity contribution is -0.121. The molecule has 0 bridgehead atoms. The molecule has 0 unspecified atom stereocenters. The van der Waals surface area contributed by atoms with E-state index in [0.29, 0.717) is 19.4 Å². The Morgan fingerprint density at radius 3 is 2.60 bits per heavy atom. The fraction of sp³-hybridized carbons (Fsp3) is 0.833. The Balaban J connectivity index is 3.22. The van der Waals surface area contributed by atoms with Crippen LogP contribution in [0.2, 0.25) is 0 Å². The number of amides is 1. The molecule has 0 saturated carbocycles. The molecule has 0 heterocycles. The van der Waals surface area contributed by atoms with E-state index in [-0.39, 0.29) is 5.91 Å². The Hall–Kier alpha value is 0.0500. The lowest BCUT2D eigenvalue weighted by Gasteiger charge is -2.00. The molecule has 0 rings (SSSR count). The standard InChI is InChI=1S/C6H11Cl2NO/c1-2-9-6(10)4-3-5(7)8/h5H,2-4H2,1H3,(H,9,10). The van der Waals surface area contributed by atoms with Crippen molar-refractivity contribution in [1.29, 1.82) is 0 Å². The van der Waals surface area contributed by atoms with Crippen LogP contribution in [0.1, 0.15) is 19.8 Å². The summed E-state index contributed by atoms with van der Waals surface area (Å²) in [4.78, 5) is 10.3. The van der Waals surface area contributed by atoms with Crippen LogP contribution >= 0.6 is 23.2 Å². The predicted octanol–water partition coefficient (Wildman–Crippen LogP) is 1.71. The average Bonchev–Trinajstić information content (AvgIpc) is 1.85. The van der Waals surface area contributed by atoms with E-state index < -0.39 is 4.84 Å². The van der Waals surface area contributed by atoms with Gasteiger partial charge in [-0.3, -0.25) is 4.79 Å². The van der Waals surface area contributed by atoms with Crippen molar-refractivity contribution >= 4 is 29.1 Å². The van der Waals surface area contributed by atoms with Gasteiger partial charge in [-0.2, -0.15) is 0 Å². The summed E-state index contributed by atoms with van der Waals surface area (Å²) in [5, 5.41) is 2.64. The van der Waals surface area contributed by atoms with Gasteiger partial charge in [0.2, 0.25) is 5.91 Å². The topological polar surface area (TPSA) is 29.1 Å². The van der Waals surface area contributed by atoms with E-state index in [1.807, 2.05) is 6.92 Å². The second-order valence-corrected chi connectivity index (χ2v) is 3.16. The summed E-state index contributed by atoms with van der Waals surface area (Å²) in [5.74, 6) is 0.00815. The number of carbonyl (C=O) groups is 1. The van der Waals surface area contributed by atoms with Crippen molar-refractivity contribution in [3.8, 4) is 0 Å². The van der Waals surface area contributed by atoms with Gasteiger partial charge in [-0.1, -0.05) is 0 Å². The summed E-state index contributed by atoms with van der Waals surface area (Å²) >= 11 is 10.8. The summed E-state index contributed by atoms with van der Waals surface area (Å²) in [5.41, 5.74) is 0. The van der Waals surface area contributed by atoms with Gasteiger partial charge >= 0.3 is 0 Å². The van der Waals surface area contributed by atoms with Crippen molar-refractivity contribution in [2.75, 3.05) is 6.54 Å². The molecule has 0 atom stereocenters. The van der Waals surface area contributed by atoms with Crippen molar-refractivity contribution < 1.29 is 4.79 Å². The number of nitrogens with one attached hydrogen (secondary N) is 1. The van der Waals surface area contributed by atoms with Crippen LogP contribution in [0.15, 0.2) is 0 Å². The van der Waals surface area contributed by atoms with Gasteiger partial charge < -0.3 is 5.32 Å². The third-order valence-electron chi connectivity index (χ3n) is 0.964. The highest BCUT2D eigenvalue weighted by Crippen LogP contribution is 2.08. The van der Waals surface area contributed by atoms with Crippen molar-refractivity contribution in [3.63, 3.8) is 0 Å². The monoisotopic (exact) mass is 183 g/mol. The molecule has 60 valence electrons. The van der Waals surface area contributed by atoms with E-state index in [2.05, 4.69) is 5.32 Å². The third kappa shape index (κ3) is 6.17. The predicted molar refractivity (Wildman–Crippen MR) is 43.4 cm³/mol. The Morgan fingerprint density at radius 1 is 1.60 bits per heavy atom. The Bertz CT molecular complexity index is 106. The van der Waals surface area contributed by atoms with Crippen LogP contribution in [0.25, 0.3) is 0 Å². The molecule has 0 radical (unpaired) electrons. The quantitative estimate of drug-likeness (QED) is 0.662. The highest BCUT2D eigenvalue weighted by molar-refractivity contribution is 6.44.